The largest absolute Gasteiger partial charge is 0.347 e. The minimum absolute atomic E-state index is 0. The highest BCUT2D eigenvalue weighted by Gasteiger charge is 2.19. The van der Waals surface area contributed by atoms with Gasteiger partial charge in [-0.1, -0.05) is 6.07 Å². The number of hydrogen-bond acceptors (Lipinski definition) is 4. The number of nitrogens with zero attached hydrogens (tertiary/aromatic N) is 1. The second-order valence-corrected chi connectivity index (χ2v) is 7.34. The van der Waals surface area contributed by atoms with Crippen LogP contribution in [0, 0.1) is 12.8 Å². The van der Waals surface area contributed by atoms with Crippen LogP contribution in [0.5, 0.6) is 0 Å². The Kier molecular flexibility index (Phi) is 7.23. The average Bonchev–Trinajstić information content (AvgIpc) is 3.10. The van der Waals surface area contributed by atoms with Crippen LogP contribution in [0.2, 0.25) is 0 Å². The molecule has 0 aliphatic carbocycles. The number of halogens is 1. The fourth-order valence-electron chi connectivity index (χ4n) is 3.11. The predicted octanol–water partition coefficient (Wildman–Crippen LogP) is 2.57. The van der Waals surface area contributed by atoms with E-state index in [0.29, 0.717) is 19.0 Å². The summed E-state index contributed by atoms with van der Waals surface area (Å²) in [7, 11) is 0. The van der Waals surface area contributed by atoms with Gasteiger partial charge >= 0.3 is 0 Å². The first-order valence-corrected chi connectivity index (χ1v) is 9.24. The number of carbonyl (C=O) groups excluding carboxylic acids is 1. The molecule has 25 heavy (non-hydrogen) atoms. The molecule has 3 heterocycles. The summed E-state index contributed by atoms with van der Waals surface area (Å²) >= 11 is 1.59. The van der Waals surface area contributed by atoms with E-state index >= 15 is 0 Å². The van der Waals surface area contributed by atoms with Gasteiger partial charge in [0.1, 0.15) is 5.56 Å². The van der Waals surface area contributed by atoms with Crippen molar-refractivity contribution in [2.75, 3.05) is 13.1 Å². The van der Waals surface area contributed by atoms with Gasteiger partial charge in [0, 0.05) is 17.6 Å². The zero-order valence-corrected chi connectivity index (χ0v) is 15.9. The molecule has 0 aromatic carbocycles. The minimum Gasteiger partial charge on any atom is -0.347 e. The Morgan fingerprint density at radius 1 is 1.44 bits per heavy atom. The molecule has 2 aromatic rings. The second kappa shape index (κ2) is 9.17. The summed E-state index contributed by atoms with van der Waals surface area (Å²) < 4.78 is 1.69. The third-order valence-electron chi connectivity index (χ3n) is 4.46. The molecule has 1 fully saturated rings. The Bertz CT molecular complexity index is 752. The fourth-order valence-corrected chi connectivity index (χ4v) is 3.76. The van der Waals surface area contributed by atoms with Gasteiger partial charge in [-0.15, -0.1) is 23.7 Å². The second-order valence-electron chi connectivity index (χ2n) is 6.31. The van der Waals surface area contributed by atoms with Crippen LogP contribution >= 0.6 is 23.7 Å². The lowest BCUT2D eigenvalue weighted by Crippen LogP contribution is -2.37. The number of piperidine rings is 1. The number of aryl methyl sites for hydroxylation is 1. The predicted molar refractivity (Wildman–Crippen MR) is 104 cm³/mol. The van der Waals surface area contributed by atoms with E-state index < -0.39 is 0 Å². The summed E-state index contributed by atoms with van der Waals surface area (Å²) in [6, 6.07) is 5.78. The van der Waals surface area contributed by atoms with Gasteiger partial charge in [-0.05, 0) is 61.8 Å². The first-order valence-electron chi connectivity index (χ1n) is 8.36. The van der Waals surface area contributed by atoms with Crippen LogP contribution in [0.15, 0.2) is 34.6 Å². The van der Waals surface area contributed by atoms with Gasteiger partial charge in [0.2, 0.25) is 0 Å². The van der Waals surface area contributed by atoms with E-state index in [1.165, 1.54) is 0 Å². The molecule has 5 nitrogen and oxygen atoms in total. The van der Waals surface area contributed by atoms with Crippen molar-refractivity contribution in [3.05, 3.63) is 56.1 Å². The maximum Gasteiger partial charge on any atom is 0.263 e. The van der Waals surface area contributed by atoms with Crippen LogP contribution in [-0.4, -0.2) is 23.6 Å². The molecule has 2 aromatic heterocycles. The summed E-state index contributed by atoms with van der Waals surface area (Å²) in [6.45, 7) is 4.91. The molecular formula is C18H24ClN3O2S. The Hall–Kier alpha value is -1.63. The topological polar surface area (TPSA) is 63.1 Å². The first-order chi connectivity index (χ1) is 11.6. The van der Waals surface area contributed by atoms with Crippen molar-refractivity contribution in [3.63, 3.8) is 0 Å². The maximum absolute atomic E-state index is 12.8. The third-order valence-corrected chi connectivity index (χ3v) is 5.33. The highest BCUT2D eigenvalue weighted by molar-refractivity contribution is 7.09. The van der Waals surface area contributed by atoms with E-state index in [0.717, 1.165) is 36.4 Å². The van der Waals surface area contributed by atoms with Gasteiger partial charge < -0.3 is 15.2 Å². The van der Waals surface area contributed by atoms with Crippen molar-refractivity contribution in [2.45, 2.75) is 32.9 Å². The summed E-state index contributed by atoms with van der Waals surface area (Å²) in [4.78, 5) is 26.3. The van der Waals surface area contributed by atoms with E-state index in [2.05, 4.69) is 10.6 Å². The Morgan fingerprint density at radius 2 is 2.28 bits per heavy atom. The van der Waals surface area contributed by atoms with E-state index in [-0.39, 0.29) is 29.4 Å². The molecule has 2 N–H and O–H groups in total. The Balaban J connectivity index is 0.00000225. The average molecular weight is 382 g/mol. The molecule has 0 saturated carbocycles. The molecule has 1 unspecified atom stereocenters. The summed E-state index contributed by atoms with van der Waals surface area (Å²) in [6.07, 6.45) is 4.06. The number of nitrogens with one attached hydrogen (secondary N) is 2. The molecule has 7 heteroatoms. The van der Waals surface area contributed by atoms with E-state index in [1.807, 2.05) is 36.7 Å². The van der Waals surface area contributed by atoms with Crippen LogP contribution in [0.1, 0.15) is 33.6 Å². The molecule has 1 amide bonds. The van der Waals surface area contributed by atoms with Crippen molar-refractivity contribution in [1.82, 2.24) is 15.2 Å². The molecule has 0 bridgehead atoms. The van der Waals surface area contributed by atoms with Crippen LogP contribution in [0.4, 0.5) is 0 Å². The standard InChI is InChI=1S/C18H23N3O2S.ClH/c1-13-6-8-21(12-14-4-2-7-19-10-14)18(23)16(13)17(22)20-11-15-5-3-9-24-15;/h3,5-6,8-9,14,19H,2,4,7,10-12H2,1H3,(H,20,22);1H. The Labute approximate surface area is 157 Å². The molecule has 1 aliphatic heterocycles. The summed E-state index contributed by atoms with van der Waals surface area (Å²) in [5, 5.41) is 8.20. The smallest absolute Gasteiger partial charge is 0.263 e. The van der Waals surface area contributed by atoms with Gasteiger partial charge in [0.15, 0.2) is 0 Å². The SMILES string of the molecule is Cc1ccn(CC2CCCNC2)c(=O)c1C(=O)NCc1cccs1.Cl. The van der Waals surface area contributed by atoms with E-state index in [4.69, 9.17) is 0 Å². The van der Waals surface area contributed by atoms with Crippen molar-refractivity contribution in [1.29, 1.82) is 0 Å². The lowest BCUT2D eigenvalue weighted by atomic mass is 9.99. The highest BCUT2D eigenvalue weighted by atomic mass is 35.5. The van der Waals surface area contributed by atoms with Crippen LogP contribution < -0.4 is 16.2 Å². The van der Waals surface area contributed by atoms with Crippen molar-refractivity contribution < 1.29 is 4.79 Å². The minimum atomic E-state index is -0.290. The number of rotatable bonds is 5. The van der Waals surface area contributed by atoms with Gasteiger partial charge in [0.25, 0.3) is 11.5 Å². The van der Waals surface area contributed by atoms with Crippen molar-refractivity contribution in [3.8, 4) is 0 Å². The first kappa shape index (κ1) is 19.7. The zero-order valence-electron chi connectivity index (χ0n) is 14.3. The number of aromatic nitrogens is 1. The number of amides is 1. The van der Waals surface area contributed by atoms with Gasteiger partial charge in [0.05, 0.1) is 6.54 Å². The van der Waals surface area contributed by atoms with Crippen molar-refractivity contribution >= 4 is 29.7 Å². The zero-order chi connectivity index (χ0) is 16.9. The monoisotopic (exact) mass is 381 g/mol. The van der Waals surface area contributed by atoms with Crippen LogP contribution in [-0.2, 0) is 13.1 Å². The maximum atomic E-state index is 12.8. The summed E-state index contributed by atoms with van der Waals surface area (Å²) in [5.74, 6) is 0.156. The fraction of sp³-hybridized carbons (Fsp3) is 0.444. The highest BCUT2D eigenvalue weighted by Crippen LogP contribution is 2.13. The normalized spacial score (nSPS) is 16.9. The van der Waals surface area contributed by atoms with Crippen LogP contribution in [0.3, 0.4) is 0 Å². The molecule has 3 rings (SSSR count). The van der Waals surface area contributed by atoms with Gasteiger partial charge in [-0.3, -0.25) is 9.59 Å². The lowest BCUT2D eigenvalue weighted by Gasteiger charge is -2.23. The van der Waals surface area contributed by atoms with Gasteiger partial charge in [-0.25, -0.2) is 0 Å². The summed E-state index contributed by atoms with van der Waals surface area (Å²) in [5.41, 5.74) is 0.795. The third kappa shape index (κ3) is 4.93. The van der Waals surface area contributed by atoms with Gasteiger partial charge in [-0.2, -0.15) is 0 Å². The number of pyridine rings is 1. The molecule has 1 aliphatic rings. The van der Waals surface area contributed by atoms with Crippen LogP contribution in [0.25, 0.3) is 0 Å². The molecule has 0 radical (unpaired) electrons. The quantitative estimate of drug-likeness (QED) is 0.836. The number of thiophene rings is 1. The molecule has 136 valence electrons. The molecular weight excluding hydrogens is 358 g/mol. The van der Waals surface area contributed by atoms with Crippen molar-refractivity contribution in [2.24, 2.45) is 5.92 Å². The molecule has 1 saturated heterocycles. The molecule has 1 atom stereocenters. The van der Waals surface area contributed by atoms with E-state index in [9.17, 15) is 9.59 Å². The van der Waals surface area contributed by atoms with E-state index in [1.54, 1.807) is 15.9 Å². The lowest BCUT2D eigenvalue weighted by molar-refractivity contribution is 0.0948. The number of carbonyl (C=O) groups is 1. The number of hydrogen-bond donors (Lipinski definition) is 2. The molecule has 0 spiro atoms. The Morgan fingerprint density at radius 3 is 2.96 bits per heavy atom.